The van der Waals surface area contributed by atoms with Gasteiger partial charge in [0.05, 0.1) is 25.9 Å². The summed E-state index contributed by atoms with van der Waals surface area (Å²) < 4.78 is 10.1. The van der Waals surface area contributed by atoms with Crippen LogP contribution in [0.5, 0.6) is 0 Å². The molecule has 4 nitrogen and oxygen atoms in total. The fraction of sp³-hybridized carbons (Fsp3) is 0.900. The van der Waals surface area contributed by atoms with Crippen molar-refractivity contribution in [3.63, 3.8) is 0 Å². The van der Waals surface area contributed by atoms with Gasteiger partial charge in [-0.05, 0) is 13.8 Å². The Kier molecular flexibility index (Phi) is 3.89. The lowest BCUT2D eigenvalue weighted by atomic mass is 9.89. The zero-order valence-corrected chi connectivity index (χ0v) is 9.13. The van der Waals surface area contributed by atoms with E-state index in [0.717, 1.165) is 19.8 Å². The van der Waals surface area contributed by atoms with Gasteiger partial charge in [0.2, 0.25) is 0 Å². The second-order valence-corrected chi connectivity index (χ2v) is 4.45. The van der Waals surface area contributed by atoms with Gasteiger partial charge in [-0.1, -0.05) is 6.92 Å². The Morgan fingerprint density at radius 1 is 1.57 bits per heavy atom. The summed E-state index contributed by atoms with van der Waals surface area (Å²) in [5, 5.41) is 3.08. The lowest BCUT2D eigenvalue weighted by Crippen LogP contribution is -2.48. The van der Waals surface area contributed by atoms with Crippen molar-refractivity contribution in [1.82, 2.24) is 5.32 Å². The average molecular weight is 201 g/mol. The minimum atomic E-state index is -0.191. The van der Waals surface area contributed by atoms with E-state index in [0.29, 0.717) is 0 Å². The van der Waals surface area contributed by atoms with Gasteiger partial charge in [0.25, 0.3) is 0 Å². The van der Waals surface area contributed by atoms with Crippen molar-refractivity contribution < 1.29 is 14.3 Å². The Labute approximate surface area is 85.0 Å². The summed E-state index contributed by atoms with van der Waals surface area (Å²) in [6.45, 7) is 8.47. The Hall–Kier alpha value is -0.610. The lowest BCUT2D eigenvalue weighted by Gasteiger charge is -2.38. The van der Waals surface area contributed by atoms with E-state index in [2.05, 4.69) is 12.2 Å². The molecule has 1 N–H and O–H groups in total. The Morgan fingerprint density at radius 2 is 2.21 bits per heavy atom. The van der Waals surface area contributed by atoms with Gasteiger partial charge >= 0.3 is 5.97 Å². The SMILES string of the molecule is CC(C)OC(=O)CNCC1(C)COC1. The van der Waals surface area contributed by atoms with Gasteiger partial charge in [0.15, 0.2) is 0 Å². The number of carbonyl (C=O) groups is 1. The second-order valence-electron chi connectivity index (χ2n) is 4.45. The van der Waals surface area contributed by atoms with Crippen LogP contribution in [0, 0.1) is 5.41 Å². The molecule has 0 bridgehead atoms. The number of ether oxygens (including phenoxy) is 2. The van der Waals surface area contributed by atoms with E-state index in [1.807, 2.05) is 13.8 Å². The third-order valence-corrected chi connectivity index (χ3v) is 2.09. The molecular formula is C10H19NO3. The first-order valence-corrected chi connectivity index (χ1v) is 5.00. The predicted molar refractivity (Wildman–Crippen MR) is 53.0 cm³/mol. The first kappa shape index (κ1) is 11.5. The van der Waals surface area contributed by atoms with Crippen LogP contribution < -0.4 is 5.32 Å². The smallest absolute Gasteiger partial charge is 0.320 e. The third kappa shape index (κ3) is 3.64. The maximum absolute atomic E-state index is 11.1. The van der Waals surface area contributed by atoms with E-state index in [-0.39, 0.29) is 24.0 Å². The summed E-state index contributed by atoms with van der Waals surface area (Å²) in [4.78, 5) is 11.1. The van der Waals surface area contributed by atoms with Crippen molar-refractivity contribution >= 4 is 5.97 Å². The minimum Gasteiger partial charge on any atom is -0.462 e. The number of nitrogens with one attached hydrogen (secondary N) is 1. The van der Waals surface area contributed by atoms with Gasteiger partial charge in [-0.2, -0.15) is 0 Å². The molecule has 0 radical (unpaired) electrons. The van der Waals surface area contributed by atoms with Crippen LogP contribution in [0.2, 0.25) is 0 Å². The zero-order chi connectivity index (χ0) is 10.6. The van der Waals surface area contributed by atoms with Crippen LogP contribution >= 0.6 is 0 Å². The number of hydrogen-bond acceptors (Lipinski definition) is 4. The van der Waals surface area contributed by atoms with Crippen LogP contribution in [-0.4, -0.2) is 38.4 Å². The van der Waals surface area contributed by atoms with Crippen molar-refractivity contribution in [3.05, 3.63) is 0 Å². The van der Waals surface area contributed by atoms with Crippen LogP contribution in [0.4, 0.5) is 0 Å². The highest BCUT2D eigenvalue weighted by molar-refractivity contribution is 5.71. The number of esters is 1. The van der Waals surface area contributed by atoms with Gasteiger partial charge in [0, 0.05) is 12.0 Å². The van der Waals surface area contributed by atoms with Crippen LogP contribution in [0.15, 0.2) is 0 Å². The van der Waals surface area contributed by atoms with Crippen molar-refractivity contribution in [3.8, 4) is 0 Å². The van der Waals surface area contributed by atoms with E-state index in [1.165, 1.54) is 0 Å². The summed E-state index contributed by atoms with van der Waals surface area (Å²) in [6.07, 6.45) is -0.0353. The van der Waals surface area contributed by atoms with Gasteiger partial charge in [-0.15, -0.1) is 0 Å². The number of carbonyl (C=O) groups excluding carboxylic acids is 1. The monoisotopic (exact) mass is 201 g/mol. The summed E-state index contributed by atoms with van der Waals surface area (Å²) in [5.41, 5.74) is 0.206. The van der Waals surface area contributed by atoms with Crippen molar-refractivity contribution in [2.75, 3.05) is 26.3 Å². The molecular weight excluding hydrogens is 182 g/mol. The normalized spacial score (nSPS) is 19.1. The molecule has 0 aromatic carbocycles. The summed E-state index contributed by atoms with van der Waals surface area (Å²) >= 11 is 0. The molecule has 0 spiro atoms. The number of rotatable bonds is 5. The topological polar surface area (TPSA) is 47.6 Å². The number of hydrogen-bond donors (Lipinski definition) is 1. The molecule has 14 heavy (non-hydrogen) atoms. The fourth-order valence-corrected chi connectivity index (χ4v) is 1.32. The Balaban J connectivity index is 2.06. The van der Waals surface area contributed by atoms with Crippen LogP contribution in [-0.2, 0) is 14.3 Å². The van der Waals surface area contributed by atoms with Gasteiger partial charge in [-0.3, -0.25) is 4.79 Å². The van der Waals surface area contributed by atoms with Crippen LogP contribution in [0.1, 0.15) is 20.8 Å². The molecule has 1 heterocycles. The standard InChI is InChI=1S/C10H19NO3/c1-8(2)14-9(12)4-11-5-10(3)6-13-7-10/h8,11H,4-7H2,1-3H3. The average Bonchev–Trinajstić information content (AvgIpc) is 1.99. The molecule has 0 aliphatic carbocycles. The van der Waals surface area contributed by atoms with Crippen LogP contribution in [0.3, 0.4) is 0 Å². The second kappa shape index (κ2) is 4.75. The molecule has 1 aliphatic heterocycles. The van der Waals surface area contributed by atoms with E-state index in [1.54, 1.807) is 0 Å². The maximum atomic E-state index is 11.1. The van der Waals surface area contributed by atoms with E-state index in [4.69, 9.17) is 9.47 Å². The highest BCUT2D eigenvalue weighted by atomic mass is 16.5. The van der Waals surface area contributed by atoms with E-state index >= 15 is 0 Å². The first-order chi connectivity index (χ1) is 6.52. The van der Waals surface area contributed by atoms with E-state index in [9.17, 15) is 4.79 Å². The summed E-state index contributed by atoms with van der Waals surface area (Å²) in [5.74, 6) is -0.191. The molecule has 1 aliphatic rings. The Morgan fingerprint density at radius 3 is 2.64 bits per heavy atom. The molecule has 0 aromatic heterocycles. The quantitative estimate of drug-likeness (QED) is 0.660. The van der Waals surface area contributed by atoms with Gasteiger partial charge < -0.3 is 14.8 Å². The van der Waals surface area contributed by atoms with Gasteiger partial charge in [0.1, 0.15) is 0 Å². The van der Waals surface area contributed by atoms with Gasteiger partial charge in [-0.25, -0.2) is 0 Å². The minimum absolute atomic E-state index is 0.0353. The molecule has 82 valence electrons. The molecule has 0 atom stereocenters. The lowest BCUT2D eigenvalue weighted by molar-refractivity contribution is -0.147. The Bertz CT molecular complexity index is 200. The maximum Gasteiger partial charge on any atom is 0.320 e. The molecule has 0 saturated carbocycles. The highest BCUT2D eigenvalue weighted by Gasteiger charge is 2.32. The molecule has 1 fully saturated rings. The van der Waals surface area contributed by atoms with Crippen molar-refractivity contribution in [2.45, 2.75) is 26.9 Å². The van der Waals surface area contributed by atoms with Crippen molar-refractivity contribution in [1.29, 1.82) is 0 Å². The molecule has 0 amide bonds. The predicted octanol–water partition coefficient (Wildman–Crippen LogP) is 0.564. The van der Waals surface area contributed by atoms with Crippen LogP contribution in [0.25, 0.3) is 0 Å². The molecule has 0 unspecified atom stereocenters. The van der Waals surface area contributed by atoms with Crippen molar-refractivity contribution in [2.24, 2.45) is 5.41 Å². The summed E-state index contributed by atoms with van der Waals surface area (Å²) in [7, 11) is 0. The van der Waals surface area contributed by atoms with E-state index < -0.39 is 0 Å². The molecule has 0 aromatic rings. The third-order valence-electron chi connectivity index (χ3n) is 2.09. The largest absolute Gasteiger partial charge is 0.462 e. The molecule has 4 heteroatoms. The molecule has 1 rings (SSSR count). The first-order valence-electron chi connectivity index (χ1n) is 5.00. The fourth-order valence-electron chi connectivity index (χ4n) is 1.32. The highest BCUT2D eigenvalue weighted by Crippen LogP contribution is 2.24. The molecule has 1 saturated heterocycles. The summed E-state index contributed by atoms with van der Waals surface area (Å²) in [6, 6.07) is 0. The zero-order valence-electron chi connectivity index (χ0n) is 9.13.